The van der Waals surface area contributed by atoms with Gasteiger partial charge in [-0.1, -0.05) is 0 Å². The molecule has 0 aromatic heterocycles. The van der Waals surface area contributed by atoms with Crippen molar-refractivity contribution in [2.24, 2.45) is 0 Å². The van der Waals surface area contributed by atoms with Crippen molar-refractivity contribution in [2.45, 2.75) is 0 Å². The fraction of sp³-hybridized carbons (Fsp3) is 0. The summed E-state index contributed by atoms with van der Waals surface area (Å²) in [7, 11) is 0. The van der Waals surface area contributed by atoms with Crippen LogP contribution in [0.5, 0.6) is 0 Å². The van der Waals surface area contributed by atoms with Gasteiger partial charge >= 0.3 is 0 Å². The van der Waals surface area contributed by atoms with Gasteiger partial charge in [-0.25, -0.2) is 17.6 Å². The van der Waals surface area contributed by atoms with Crippen molar-refractivity contribution >= 4 is 17.9 Å². The monoisotopic (exact) mass is 202 g/mol. The molecule has 1 aromatic rings. The summed E-state index contributed by atoms with van der Waals surface area (Å²) in [5.74, 6) is -7.58. The summed E-state index contributed by atoms with van der Waals surface area (Å²) in [5, 5.41) is -1.07. The van der Waals surface area contributed by atoms with Gasteiger partial charge in [-0.3, -0.25) is 4.79 Å². The lowest BCUT2D eigenvalue weighted by Crippen LogP contribution is -2.32. The van der Waals surface area contributed by atoms with E-state index in [0.717, 1.165) is 12.2 Å². The minimum atomic E-state index is -1.90. The Morgan fingerprint density at radius 2 is 1.07 bits per heavy atom. The Bertz CT molecular complexity index is 510. The molecular formula is C9H2F4O. The molecule has 0 atom stereocenters. The van der Waals surface area contributed by atoms with E-state index in [1.54, 1.807) is 0 Å². The normalized spacial score (nSPS) is 13.6. The Hall–Kier alpha value is -1.65. The van der Waals surface area contributed by atoms with E-state index in [4.69, 9.17) is 0 Å². The molecule has 1 aromatic carbocycles. The molecule has 0 radical (unpaired) electrons. The van der Waals surface area contributed by atoms with Crippen LogP contribution in [0.25, 0.3) is 12.2 Å². The molecular weight excluding hydrogens is 200 g/mol. The zero-order valence-corrected chi connectivity index (χ0v) is 6.57. The number of hydrogen-bond acceptors (Lipinski definition) is 1. The van der Waals surface area contributed by atoms with E-state index >= 15 is 0 Å². The molecule has 0 unspecified atom stereocenters. The van der Waals surface area contributed by atoms with Crippen LogP contribution in [-0.4, -0.2) is 5.78 Å². The van der Waals surface area contributed by atoms with E-state index in [-0.39, 0.29) is 0 Å². The van der Waals surface area contributed by atoms with Crippen molar-refractivity contribution in [3.63, 3.8) is 0 Å². The summed E-state index contributed by atoms with van der Waals surface area (Å²) in [6.45, 7) is 0. The average Bonchev–Trinajstić information content (AvgIpc) is 2.54. The number of Topliss-reactive ketones (excluding diaryl/α,β-unsaturated/α-hetero) is 1. The average molecular weight is 202 g/mol. The first-order chi connectivity index (χ1) is 6.52. The Labute approximate surface area is 75.0 Å². The van der Waals surface area contributed by atoms with Crippen molar-refractivity contribution in [3.05, 3.63) is 33.7 Å². The SMILES string of the molecule is O=C1C=c2c(F)c(F)c(F)c(F)c2=C1. The Morgan fingerprint density at radius 1 is 0.714 bits per heavy atom. The molecule has 2 rings (SSSR count). The zero-order valence-electron chi connectivity index (χ0n) is 6.57. The maximum Gasteiger partial charge on any atom is 0.198 e. The maximum atomic E-state index is 12.9. The van der Waals surface area contributed by atoms with Gasteiger partial charge in [0.2, 0.25) is 0 Å². The van der Waals surface area contributed by atoms with Gasteiger partial charge in [0.1, 0.15) is 0 Å². The lowest BCUT2D eigenvalue weighted by Gasteiger charge is -1.97. The van der Waals surface area contributed by atoms with E-state index in [9.17, 15) is 22.4 Å². The molecule has 14 heavy (non-hydrogen) atoms. The summed E-state index contributed by atoms with van der Waals surface area (Å²) < 4.78 is 51.1. The minimum Gasteiger partial charge on any atom is -0.290 e. The van der Waals surface area contributed by atoms with Crippen molar-refractivity contribution < 1.29 is 22.4 Å². The molecule has 72 valence electrons. The molecule has 5 heteroatoms. The summed E-state index contributed by atoms with van der Waals surface area (Å²) >= 11 is 0. The van der Waals surface area contributed by atoms with Crippen LogP contribution < -0.4 is 10.4 Å². The van der Waals surface area contributed by atoms with Gasteiger partial charge in [0.25, 0.3) is 0 Å². The maximum absolute atomic E-state index is 12.9. The second-order valence-electron chi connectivity index (χ2n) is 2.77. The first-order valence-corrected chi connectivity index (χ1v) is 3.61. The van der Waals surface area contributed by atoms with E-state index in [0.29, 0.717) is 0 Å². The number of fused-ring (bicyclic) bond motifs is 1. The summed E-state index contributed by atoms with van der Waals surface area (Å²) in [6.07, 6.45) is 1.44. The first-order valence-electron chi connectivity index (χ1n) is 3.61. The van der Waals surface area contributed by atoms with E-state index in [1.165, 1.54) is 0 Å². The van der Waals surface area contributed by atoms with Gasteiger partial charge in [-0.2, -0.15) is 0 Å². The number of rotatable bonds is 0. The first kappa shape index (κ1) is 8.93. The van der Waals surface area contributed by atoms with Gasteiger partial charge in [0.05, 0.1) is 0 Å². The van der Waals surface area contributed by atoms with Crippen molar-refractivity contribution in [1.82, 2.24) is 0 Å². The van der Waals surface area contributed by atoms with Crippen LogP contribution in [-0.2, 0) is 4.79 Å². The lowest BCUT2D eigenvalue weighted by molar-refractivity contribution is -0.107. The number of ketones is 1. The number of hydrogen-bond donors (Lipinski definition) is 0. The molecule has 0 amide bonds. The highest BCUT2D eigenvalue weighted by atomic mass is 19.2. The number of carbonyl (C=O) groups excluding carboxylic acids is 1. The number of halogens is 4. The minimum absolute atomic E-state index is 0.536. The van der Waals surface area contributed by atoms with E-state index in [1.807, 2.05) is 0 Å². The molecule has 1 aliphatic rings. The topological polar surface area (TPSA) is 17.1 Å². The quantitative estimate of drug-likeness (QED) is 0.338. The van der Waals surface area contributed by atoms with E-state index in [2.05, 4.69) is 0 Å². The molecule has 0 N–H and O–H groups in total. The van der Waals surface area contributed by atoms with Crippen LogP contribution in [0.1, 0.15) is 0 Å². The van der Waals surface area contributed by atoms with Crippen LogP contribution in [0, 0.1) is 23.3 Å². The second kappa shape index (κ2) is 2.67. The zero-order chi connectivity index (χ0) is 10.5. The van der Waals surface area contributed by atoms with E-state index < -0.39 is 39.5 Å². The van der Waals surface area contributed by atoms with Gasteiger partial charge < -0.3 is 0 Å². The summed E-state index contributed by atoms with van der Waals surface area (Å²) in [4.78, 5) is 10.7. The van der Waals surface area contributed by atoms with Crippen molar-refractivity contribution in [2.75, 3.05) is 0 Å². The van der Waals surface area contributed by atoms with Crippen LogP contribution in [0.3, 0.4) is 0 Å². The Morgan fingerprint density at radius 3 is 1.43 bits per heavy atom. The molecule has 1 aliphatic carbocycles. The molecule has 0 bridgehead atoms. The Balaban J connectivity index is 3.07. The Kier molecular flexibility index (Phi) is 1.70. The molecule has 0 heterocycles. The van der Waals surface area contributed by atoms with Crippen LogP contribution >= 0.6 is 0 Å². The largest absolute Gasteiger partial charge is 0.290 e. The van der Waals surface area contributed by atoms with Crippen LogP contribution in [0.15, 0.2) is 0 Å². The molecule has 0 saturated heterocycles. The van der Waals surface area contributed by atoms with Crippen LogP contribution in [0.4, 0.5) is 17.6 Å². The predicted octanol–water partition coefficient (Wildman–Crippen LogP) is 0.387. The lowest BCUT2D eigenvalue weighted by atomic mass is 10.2. The fourth-order valence-electron chi connectivity index (χ4n) is 1.27. The molecule has 1 nitrogen and oxygen atoms in total. The third-order valence-corrected chi connectivity index (χ3v) is 1.91. The number of benzene rings is 1. The predicted molar refractivity (Wildman–Crippen MR) is 39.5 cm³/mol. The van der Waals surface area contributed by atoms with Crippen molar-refractivity contribution in [1.29, 1.82) is 0 Å². The second-order valence-corrected chi connectivity index (χ2v) is 2.77. The highest BCUT2D eigenvalue weighted by molar-refractivity contribution is 6.26. The van der Waals surface area contributed by atoms with Gasteiger partial charge in [0, 0.05) is 10.4 Å². The molecule has 0 fully saturated rings. The third-order valence-electron chi connectivity index (χ3n) is 1.91. The van der Waals surface area contributed by atoms with Gasteiger partial charge in [-0.05, 0) is 12.2 Å². The molecule has 0 spiro atoms. The number of carbonyl (C=O) groups is 1. The molecule has 0 saturated carbocycles. The standard InChI is InChI=1S/C9H2F4O/c10-6-4-1-3(14)2-5(4)7(11)9(13)8(6)12/h1-2H. The highest BCUT2D eigenvalue weighted by Gasteiger charge is 2.21. The molecule has 0 aliphatic heterocycles. The summed E-state index contributed by atoms with van der Waals surface area (Å²) in [5.41, 5.74) is 0. The van der Waals surface area contributed by atoms with Gasteiger partial charge in [-0.15, -0.1) is 0 Å². The smallest absolute Gasteiger partial charge is 0.198 e. The van der Waals surface area contributed by atoms with Crippen molar-refractivity contribution in [3.8, 4) is 0 Å². The summed E-state index contributed by atoms with van der Waals surface area (Å²) in [6, 6.07) is 0. The van der Waals surface area contributed by atoms with Gasteiger partial charge in [0.15, 0.2) is 29.1 Å². The fourth-order valence-corrected chi connectivity index (χ4v) is 1.27. The highest BCUT2D eigenvalue weighted by Crippen LogP contribution is 2.08. The third kappa shape index (κ3) is 0.982. The van der Waals surface area contributed by atoms with Crippen LogP contribution in [0.2, 0.25) is 0 Å².